The Morgan fingerprint density at radius 2 is 1.76 bits per heavy atom. The van der Waals surface area contributed by atoms with Crippen molar-refractivity contribution < 1.29 is 0 Å². The number of nitrogens with zero attached hydrogens (tertiary/aromatic N) is 3. The van der Waals surface area contributed by atoms with E-state index in [1.165, 1.54) is 11.8 Å². The van der Waals surface area contributed by atoms with Crippen molar-refractivity contribution in [2.75, 3.05) is 6.26 Å². The predicted octanol–water partition coefficient (Wildman–Crippen LogP) is 4.96. The first-order valence-corrected chi connectivity index (χ1v) is 8.19. The molecule has 6 heteroatoms. The van der Waals surface area contributed by atoms with E-state index in [1.54, 1.807) is 12.1 Å². The minimum Gasteiger partial charge on any atom is -0.270 e. The summed E-state index contributed by atoms with van der Waals surface area (Å²) in [7, 11) is 0. The van der Waals surface area contributed by atoms with E-state index < -0.39 is 0 Å². The Bertz CT molecular complexity index is 772. The van der Waals surface area contributed by atoms with Gasteiger partial charge in [-0.05, 0) is 36.6 Å². The Morgan fingerprint density at radius 3 is 2.43 bits per heavy atom. The van der Waals surface area contributed by atoms with Crippen LogP contribution in [0.5, 0.6) is 0 Å². The Morgan fingerprint density at radius 1 is 1.00 bits per heavy atom. The molecule has 0 aliphatic carbocycles. The number of thioether (sulfide) groups is 1. The van der Waals surface area contributed by atoms with Gasteiger partial charge >= 0.3 is 0 Å². The van der Waals surface area contributed by atoms with E-state index >= 15 is 0 Å². The SMILES string of the molecule is CSc1nnc(-c2ccc(Cl)cc2Cl)n1-c1ccccc1. The highest BCUT2D eigenvalue weighted by atomic mass is 35.5. The molecule has 0 unspecified atom stereocenters. The summed E-state index contributed by atoms with van der Waals surface area (Å²) in [4.78, 5) is 0. The molecule has 106 valence electrons. The number of para-hydroxylation sites is 1. The fraction of sp³-hybridized carbons (Fsp3) is 0.0667. The van der Waals surface area contributed by atoms with Gasteiger partial charge in [-0.1, -0.05) is 53.2 Å². The molecule has 2 aromatic carbocycles. The van der Waals surface area contributed by atoms with Crippen molar-refractivity contribution in [1.29, 1.82) is 0 Å². The molecule has 0 atom stereocenters. The summed E-state index contributed by atoms with van der Waals surface area (Å²) < 4.78 is 1.99. The van der Waals surface area contributed by atoms with E-state index in [0.29, 0.717) is 15.9 Å². The lowest BCUT2D eigenvalue weighted by Gasteiger charge is -2.10. The third-order valence-corrected chi connectivity index (χ3v) is 4.18. The summed E-state index contributed by atoms with van der Waals surface area (Å²) in [6.45, 7) is 0. The highest BCUT2D eigenvalue weighted by Crippen LogP contribution is 2.32. The van der Waals surface area contributed by atoms with E-state index in [0.717, 1.165) is 16.4 Å². The van der Waals surface area contributed by atoms with Crippen LogP contribution in [0.2, 0.25) is 10.0 Å². The zero-order valence-corrected chi connectivity index (χ0v) is 13.5. The fourth-order valence-electron chi connectivity index (χ4n) is 2.06. The minimum atomic E-state index is 0.555. The molecule has 0 amide bonds. The molecule has 0 saturated heterocycles. The van der Waals surface area contributed by atoms with Crippen molar-refractivity contribution in [1.82, 2.24) is 14.8 Å². The summed E-state index contributed by atoms with van der Waals surface area (Å²) >= 11 is 13.8. The van der Waals surface area contributed by atoms with Crippen LogP contribution < -0.4 is 0 Å². The summed E-state index contributed by atoms with van der Waals surface area (Å²) in [5.41, 5.74) is 1.80. The molecule has 0 aliphatic heterocycles. The van der Waals surface area contributed by atoms with Crippen LogP contribution in [-0.4, -0.2) is 21.0 Å². The molecule has 0 spiro atoms. The van der Waals surface area contributed by atoms with Crippen LogP contribution in [0.15, 0.2) is 53.7 Å². The van der Waals surface area contributed by atoms with E-state index in [1.807, 2.05) is 47.2 Å². The van der Waals surface area contributed by atoms with Gasteiger partial charge in [0.1, 0.15) is 0 Å². The van der Waals surface area contributed by atoms with Crippen LogP contribution in [0.1, 0.15) is 0 Å². The van der Waals surface area contributed by atoms with Crippen LogP contribution in [0.4, 0.5) is 0 Å². The minimum absolute atomic E-state index is 0.555. The Labute approximate surface area is 136 Å². The molecule has 0 aliphatic rings. The summed E-state index contributed by atoms with van der Waals surface area (Å²) in [6, 6.07) is 15.3. The van der Waals surface area contributed by atoms with E-state index in [9.17, 15) is 0 Å². The summed E-state index contributed by atoms with van der Waals surface area (Å²) in [5, 5.41) is 10.5. The third kappa shape index (κ3) is 2.79. The predicted molar refractivity (Wildman–Crippen MR) is 88.6 cm³/mol. The van der Waals surface area contributed by atoms with Crippen molar-refractivity contribution in [3.05, 3.63) is 58.6 Å². The maximum Gasteiger partial charge on any atom is 0.195 e. The van der Waals surface area contributed by atoms with Crippen molar-refractivity contribution >= 4 is 35.0 Å². The topological polar surface area (TPSA) is 30.7 Å². The van der Waals surface area contributed by atoms with Crippen LogP contribution in [-0.2, 0) is 0 Å². The first kappa shape index (κ1) is 14.4. The number of hydrogen-bond donors (Lipinski definition) is 0. The molecular weight excluding hydrogens is 325 g/mol. The fourth-order valence-corrected chi connectivity index (χ4v) is 3.05. The molecule has 3 nitrogen and oxygen atoms in total. The lowest BCUT2D eigenvalue weighted by atomic mass is 10.2. The zero-order chi connectivity index (χ0) is 14.8. The molecule has 0 fully saturated rings. The second kappa shape index (κ2) is 6.10. The van der Waals surface area contributed by atoms with E-state index in [4.69, 9.17) is 23.2 Å². The number of hydrogen-bond acceptors (Lipinski definition) is 3. The molecule has 0 radical (unpaired) electrons. The van der Waals surface area contributed by atoms with Crippen molar-refractivity contribution in [2.45, 2.75) is 5.16 Å². The average molecular weight is 336 g/mol. The summed E-state index contributed by atoms with van der Waals surface area (Å²) in [5.74, 6) is 0.701. The molecule has 1 heterocycles. The van der Waals surface area contributed by atoms with Crippen molar-refractivity contribution in [3.63, 3.8) is 0 Å². The van der Waals surface area contributed by atoms with Crippen LogP contribution >= 0.6 is 35.0 Å². The smallest absolute Gasteiger partial charge is 0.195 e. The maximum atomic E-state index is 6.30. The Hall–Kier alpha value is -1.49. The normalized spacial score (nSPS) is 10.8. The molecule has 1 aromatic heterocycles. The van der Waals surface area contributed by atoms with Gasteiger partial charge in [0.05, 0.1) is 5.02 Å². The van der Waals surface area contributed by atoms with Gasteiger partial charge in [0.25, 0.3) is 0 Å². The number of rotatable bonds is 3. The van der Waals surface area contributed by atoms with Gasteiger partial charge in [-0.25, -0.2) is 0 Å². The van der Waals surface area contributed by atoms with Gasteiger partial charge in [0, 0.05) is 16.3 Å². The van der Waals surface area contributed by atoms with Gasteiger partial charge in [-0.15, -0.1) is 10.2 Å². The number of aromatic nitrogens is 3. The molecule has 0 N–H and O–H groups in total. The van der Waals surface area contributed by atoms with Gasteiger partial charge in [-0.2, -0.15) is 0 Å². The lowest BCUT2D eigenvalue weighted by molar-refractivity contribution is 0.889. The molecular formula is C15H11Cl2N3S. The second-order valence-corrected chi connectivity index (χ2v) is 5.92. The average Bonchev–Trinajstić information content (AvgIpc) is 2.92. The Balaban J connectivity index is 2.22. The largest absolute Gasteiger partial charge is 0.270 e. The van der Waals surface area contributed by atoms with Gasteiger partial charge in [0.2, 0.25) is 0 Å². The highest BCUT2D eigenvalue weighted by molar-refractivity contribution is 7.98. The van der Waals surface area contributed by atoms with Crippen LogP contribution in [0, 0.1) is 0 Å². The first-order chi connectivity index (χ1) is 10.2. The van der Waals surface area contributed by atoms with Gasteiger partial charge < -0.3 is 0 Å². The van der Waals surface area contributed by atoms with Crippen molar-refractivity contribution in [3.8, 4) is 17.1 Å². The standard InChI is InChI=1S/C15H11Cl2N3S/c1-21-15-19-18-14(12-8-7-10(16)9-13(12)17)20(15)11-5-3-2-4-6-11/h2-9H,1H3. The van der Waals surface area contributed by atoms with Gasteiger partial charge in [0.15, 0.2) is 11.0 Å². The molecule has 21 heavy (non-hydrogen) atoms. The quantitative estimate of drug-likeness (QED) is 0.633. The first-order valence-electron chi connectivity index (χ1n) is 6.21. The monoisotopic (exact) mass is 335 g/mol. The molecule has 3 aromatic rings. The second-order valence-electron chi connectivity index (χ2n) is 4.31. The van der Waals surface area contributed by atoms with E-state index in [2.05, 4.69) is 10.2 Å². The van der Waals surface area contributed by atoms with E-state index in [-0.39, 0.29) is 0 Å². The molecule has 3 rings (SSSR count). The molecule has 0 saturated carbocycles. The highest BCUT2D eigenvalue weighted by Gasteiger charge is 2.17. The zero-order valence-electron chi connectivity index (χ0n) is 11.1. The molecule has 0 bridgehead atoms. The number of benzene rings is 2. The maximum absolute atomic E-state index is 6.30. The lowest BCUT2D eigenvalue weighted by Crippen LogP contribution is -1.99. The number of halogens is 2. The van der Waals surface area contributed by atoms with Crippen LogP contribution in [0.25, 0.3) is 17.1 Å². The van der Waals surface area contributed by atoms with Crippen molar-refractivity contribution in [2.24, 2.45) is 0 Å². The summed E-state index contributed by atoms with van der Waals surface area (Å²) in [6.07, 6.45) is 1.97. The third-order valence-electron chi connectivity index (χ3n) is 3.00. The Kier molecular flexibility index (Phi) is 4.19. The van der Waals surface area contributed by atoms with Crippen LogP contribution in [0.3, 0.4) is 0 Å². The van der Waals surface area contributed by atoms with Gasteiger partial charge in [-0.3, -0.25) is 4.57 Å².